The van der Waals surface area contributed by atoms with Gasteiger partial charge in [-0.05, 0) is 144 Å². The Morgan fingerprint density at radius 1 is 0.606 bits per heavy atom. The Kier molecular flexibility index (Phi) is 25.1. The number of aliphatic hydroxyl groups excluding tert-OH is 2. The molecule has 4 rings (SSSR count). The Labute approximate surface area is 422 Å². The molecule has 0 radical (unpaired) electrons. The molecular weight excluding hydrogens is 949 g/mol. The highest BCUT2D eigenvalue weighted by molar-refractivity contribution is 7.79. The highest BCUT2D eigenvalue weighted by Gasteiger charge is 2.46. The van der Waals surface area contributed by atoms with Crippen molar-refractivity contribution >= 4 is 33.9 Å². The van der Waals surface area contributed by atoms with Crippen molar-refractivity contribution in [2.24, 2.45) is 35.5 Å². The second-order valence-electron chi connectivity index (χ2n) is 21.2. The molecule has 4 aliphatic rings. The smallest absolute Gasteiger partial charge is 0.394 e. The molecule has 20 nitrogen and oxygen atoms in total. The van der Waals surface area contributed by atoms with Crippen LogP contribution in [0.1, 0.15) is 122 Å². The number of rotatable bonds is 8. The van der Waals surface area contributed by atoms with Crippen LogP contribution < -0.4 is 0 Å². The van der Waals surface area contributed by atoms with Crippen molar-refractivity contribution in [1.82, 2.24) is 9.80 Å². The minimum Gasteiger partial charge on any atom is -0.459 e. The third-order valence-electron chi connectivity index (χ3n) is 14.1. The Morgan fingerprint density at radius 2 is 0.901 bits per heavy atom. The quantitative estimate of drug-likeness (QED) is 0.148. The molecule has 0 aromatic rings. The maximum atomic E-state index is 13.1. The normalized spacial score (nSPS) is 42.3. The lowest BCUT2D eigenvalue weighted by molar-refractivity contribution is -0.279. The lowest BCUT2D eigenvalue weighted by Gasteiger charge is -2.43. The van der Waals surface area contributed by atoms with Gasteiger partial charge in [0.15, 0.2) is 24.1 Å². The van der Waals surface area contributed by atoms with E-state index in [0.717, 1.165) is 0 Å². The van der Waals surface area contributed by atoms with Gasteiger partial charge in [-0.2, -0.15) is 8.42 Å². The van der Waals surface area contributed by atoms with Crippen LogP contribution in [0.25, 0.3) is 0 Å². The summed E-state index contributed by atoms with van der Waals surface area (Å²) >= 11 is 0. The van der Waals surface area contributed by atoms with Crippen molar-refractivity contribution < 1.29 is 85.5 Å². The van der Waals surface area contributed by atoms with E-state index in [9.17, 15) is 39.6 Å². The lowest BCUT2D eigenvalue weighted by Crippen LogP contribution is -2.56. The van der Waals surface area contributed by atoms with Crippen LogP contribution in [-0.2, 0) is 58.0 Å². The maximum absolute atomic E-state index is 13.1. The second-order valence-corrected chi connectivity index (χ2v) is 22.1. The molecule has 2 saturated heterocycles. The van der Waals surface area contributed by atoms with E-state index in [1.807, 2.05) is 93.4 Å². The van der Waals surface area contributed by atoms with Crippen LogP contribution >= 0.6 is 0 Å². The van der Waals surface area contributed by atoms with Gasteiger partial charge in [-0.1, -0.05) is 41.5 Å². The first-order chi connectivity index (χ1) is 32.6. The summed E-state index contributed by atoms with van der Waals surface area (Å²) in [5.41, 5.74) is -2.95. The minimum atomic E-state index is -4.67. The molecule has 0 aromatic heterocycles. The SMILES string of the molecule is CC[C@H]1OC(=O)[C@H](C)[C@@H](O[C@@H]2O[C@H](C)C[C@H](N(C)C)[C@H]2O)[C@@H](C)C[C@@H](C)C(=O)/C=C/[C@]1(C)O.CC[C@H]1OC(=O)[C@H](C)[C@@H](O[C@@H]2O[C@H](C)C[C@H](N(C)C)[C@H]2O)[C@@H](C)C[C@@H](C)C(=O)/C=C/[C@]1(C)O.O=S(=O)(O)O. The van der Waals surface area contributed by atoms with Crippen LogP contribution in [0.15, 0.2) is 24.3 Å². The van der Waals surface area contributed by atoms with Gasteiger partial charge in [0.2, 0.25) is 0 Å². The third kappa shape index (κ3) is 19.5. The largest absolute Gasteiger partial charge is 0.459 e. The molecule has 6 N–H and O–H groups in total. The van der Waals surface area contributed by atoms with Crippen molar-refractivity contribution in [2.45, 2.75) is 206 Å². The predicted molar refractivity (Wildman–Crippen MR) is 263 cm³/mol. The third-order valence-corrected chi connectivity index (χ3v) is 14.1. The number of ether oxygens (including phenoxy) is 6. The summed E-state index contributed by atoms with van der Waals surface area (Å²) in [6, 6.07) is -0.291. The van der Waals surface area contributed by atoms with E-state index >= 15 is 0 Å². The topological polar surface area (TPSA) is 286 Å². The molecule has 20 atom stereocenters. The Morgan fingerprint density at radius 3 is 1.17 bits per heavy atom. The van der Waals surface area contributed by atoms with Crippen LogP contribution in [0, 0.1) is 35.5 Å². The molecule has 0 aliphatic carbocycles. The maximum Gasteiger partial charge on any atom is 0.394 e. The number of nitrogens with zero attached hydrogens (tertiary/aromatic N) is 2. The molecule has 0 spiro atoms. The highest BCUT2D eigenvalue weighted by Crippen LogP contribution is 2.35. The zero-order valence-corrected chi connectivity index (χ0v) is 45.6. The number of aliphatic hydroxyl groups is 4. The minimum absolute atomic E-state index is 0.106. The van der Waals surface area contributed by atoms with E-state index in [4.69, 9.17) is 45.9 Å². The number of carbonyl (C=O) groups is 4. The molecule has 21 heteroatoms. The van der Waals surface area contributed by atoms with Gasteiger partial charge in [-0.25, -0.2) is 0 Å². The predicted octanol–water partition coefficient (Wildman–Crippen LogP) is 3.96. The average Bonchev–Trinajstić information content (AvgIpc) is 3.26. The van der Waals surface area contributed by atoms with E-state index in [1.54, 1.807) is 13.8 Å². The van der Waals surface area contributed by atoms with E-state index in [1.165, 1.54) is 38.2 Å². The van der Waals surface area contributed by atoms with E-state index in [0.29, 0.717) is 38.5 Å². The van der Waals surface area contributed by atoms with Crippen molar-refractivity contribution in [3.8, 4) is 0 Å². The molecule has 412 valence electrons. The van der Waals surface area contributed by atoms with Crippen LogP contribution in [0.5, 0.6) is 0 Å². The fourth-order valence-electron chi connectivity index (χ4n) is 9.76. The van der Waals surface area contributed by atoms with Crippen molar-refractivity contribution in [3.05, 3.63) is 24.3 Å². The van der Waals surface area contributed by atoms with Crippen LogP contribution in [0.2, 0.25) is 0 Å². The molecule has 4 heterocycles. The number of allylic oxidation sites excluding steroid dienone is 2. The average molecular weight is 1040 g/mol. The number of hydrogen-bond acceptors (Lipinski definition) is 18. The Hall–Kier alpha value is -2.77. The number of likely N-dealkylation sites (N-methyl/N-ethyl adjacent to an activating group) is 2. The van der Waals surface area contributed by atoms with Gasteiger partial charge in [0.1, 0.15) is 35.6 Å². The molecule has 2 fully saturated rings. The van der Waals surface area contributed by atoms with E-state index < -0.39 is 94.6 Å². The number of hydrogen-bond donors (Lipinski definition) is 6. The van der Waals surface area contributed by atoms with Gasteiger partial charge < -0.3 is 58.6 Å². The van der Waals surface area contributed by atoms with Gasteiger partial charge >= 0.3 is 22.3 Å². The van der Waals surface area contributed by atoms with Crippen LogP contribution in [0.4, 0.5) is 0 Å². The fraction of sp³-hybridized carbons (Fsp3) is 0.840. The molecule has 0 saturated carbocycles. The number of carbonyl (C=O) groups excluding carboxylic acids is 4. The Bertz CT molecular complexity index is 1770. The van der Waals surface area contributed by atoms with Crippen molar-refractivity contribution in [1.29, 1.82) is 0 Å². The molecule has 71 heavy (non-hydrogen) atoms. The Balaban J connectivity index is 0.000000444. The van der Waals surface area contributed by atoms with Gasteiger partial charge in [0, 0.05) is 23.9 Å². The molecule has 0 aromatic carbocycles. The molecule has 0 bridgehead atoms. The number of ketones is 2. The number of cyclic esters (lactones) is 2. The zero-order chi connectivity index (χ0) is 54.7. The van der Waals surface area contributed by atoms with Gasteiger partial charge in [0.25, 0.3) is 0 Å². The zero-order valence-electron chi connectivity index (χ0n) is 44.8. The van der Waals surface area contributed by atoms with Crippen LogP contribution in [-0.4, -0.2) is 184 Å². The van der Waals surface area contributed by atoms with Gasteiger partial charge in [-0.15, -0.1) is 0 Å². The van der Waals surface area contributed by atoms with Gasteiger partial charge in [0.05, 0.1) is 36.3 Å². The summed E-state index contributed by atoms with van der Waals surface area (Å²) in [5.74, 6) is -3.61. The van der Waals surface area contributed by atoms with E-state index in [-0.39, 0.29) is 59.5 Å². The van der Waals surface area contributed by atoms with Crippen molar-refractivity contribution in [2.75, 3.05) is 28.2 Å². The number of esters is 2. The van der Waals surface area contributed by atoms with E-state index in [2.05, 4.69) is 0 Å². The summed E-state index contributed by atoms with van der Waals surface area (Å²) in [6.07, 6.45) is 1.89. The highest BCUT2D eigenvalue weighted by atomic mass is 32.3. The molecular formula is C50H88N2O18S. The monoisotopic (exact) mass is 1040 g/mol. The summed E-state index contributed by atoms with van der Waals surface area (Å²) < 4.78 is 67.5. The lowest BCUT2D eigenvalue weighted by atomic mass is 9.84. The summed E-state index contributed by atoms with van der Waals surface area (Å²) in [6.45, 7) is 21.5. The summed E-state index contributed by atoms with van der Waals surface area (Å²) in [7, 11) is 2.94. The second kappa shape index (κ2) is 27.7. The summed E-state index contributed by atoms with van der Waals surface area (Å²) in [5, 5.41) is 43.6. The summed E-state index contributed by atoms with van der Waals surface area (Å²) in [4.78, 5) is 55.6. The first-order valence-corrected chi connectivity index (χ1v) is 26.3. The fourth-order valence-corrected chi connectivity index (χ4v) is 9.76. The molecule has 0 amide bonds. The standard InChI is InChI=1S/2C25H43NO7.H2O4S/c2*1-9-20-25(6,30)11-10-19(27)14(2)12-15(3)22(17(5)23(29)32-20)33-24-21(28)18(26(7)8)13-16(4)31-24;1-5(2,3)4/h2*10-11,14-18,20-22,24,28,30H,9,12-13H2,1-8H3;(H2,1,2,3,4)/b2*11-10+;/t2*14-,15+,16-,17-,18+,20-,21-,22+,24+,25+;/m11./s1. The molecule has 0 unspecified atom stereocenters. The van der Waals surface area contributed by atoms with Gasteiger partial charge in [-0.3, -0.25) is 28.3 Å². The first kappa shape index (κ1) is 64.3. The van der Waals surface area contributed by atoms with Crippen LogP contribution in [0.3, 0.4) is 0 Å². The van der Waals surface area contributed by atoms with Crippen molar-refractivity contribution in [3.63, 3.8) is 0 Å². The first-order valence-electron chi connectivity index (χ1n) is 24.9. The molecule has 4 aliphatic heterocycles.